The Kier molecular flexibility index (Phi) is 3.09. The number of nitrogens with two attached hydrogens (primary N) is 1. The molecule has 0 radical (unpaired) electrons. The van der Waals surface area contributed by atoms with Crippen LogP contribution in [0.5, 0.6) is 0 Å². The van der Waals surface area contributed by atoms with Gasteiger partial charge in [0.25, 0.3) is 0 Å². The maximum Gasteiger partial charge on any atom is 0.393 e. The van der Waals surface area contributed by atoms with E-state index in [1.54, 1.807) is 12.1 Å². The highest BCUT2D eigenvalue weighted by Gasteiger charge is 2.27. The first kappa shape index (κ1) is 12.0. The Bertz CT molecular complexity index is 319. The van der Waals surface area contributed by atoms with E-state index in [1.165, 1.54) is 12.1 Å². The van der Waals surface area contributed by atoms with Gasteiger partial charge in [-0.1, -0.05) is 24.3 Å². The molecule has 0 aromatic heterocycles. The Morgan fingerprint density at radius 2 is 1.53 bits per heavy atom. The molecule has 0 aliphatic heterocycles. The first-order chi connectivity index (χ1) is 6.68. The van der Waals surface area contributed by atoms with Crippen molar-refractivity contribution in [3.63, 3.8) is 0 Å². The van der Waals surface area contributed by atoms with Crippen LogP contribution in [-0.2, 0) is 12.0 Å². The fraction of sp³-hybridized carbons (Fsp3) is 0.455. The van der Waals surface area contributed by atoms with Gasteiger partial charge in [0.1, 0.15) is 0 Å². The molecule has 0 bridgehead atoms. The van der Waals surface area contributed by atoms with Gasteiger partial charge in [0, 0.05) is 5.54 Å². The minimum absolute atomic E-state index is 0.260. The van der Waals surface area contributed by atoms with Crippen LogP contribution in [0.2, 0.25) is 0 Å². The van der Waals surface area contributed by atoms with Crippen molar-refractivity contribution in [1.82, 2.24) is 0 Å². The maximum absolute atomic E-state index is 12.1. The van der Waals surface area contributed by atoms with E-state index in [9.17, 15) is 13.2 Å². The highest BCUT2D eigenvalue weighted by molar-refractivity contribution is 5.27. The van der Waals surface area contributed by atoms with E-state index in [4.69, 9.17) is 5.73 Å². The monoisotopic (exact) mass is 217 g/mol. The van der Waals surface area contributed by atoms with Gasteiger partial charge in [-0.05, 0) is 25.0 Å². The van der Waals surface area contributed by atoms with Crippen molar-refractivity contribution in [2.24, 2.45) is 5.73 Å². The lowest BCUT2D eigenvalue weighted by molar-refractivity contribution is -0.127. The fourth-order valence-electron chi connectivity index (χ4n) is 1.28. The van der Waals surface area contributed by atoms with Gasteiger partial charge in [-0.3, -0.25) is 0 Å². The standard InChI is InChI=1S/C11H14F3N/c1-10(2,15)9-5-3-8(4-6-9)7-11(12,13)14/h3-6H,7,15H2,1-2H3. The van der Waals surface area contributed by atoms with E-state index in [2.05, 4.69) is 0 Å². The number of hydrogen-bond donors (Lipinski definition) is 1. The molecule has 2 N–H and O–H groups in total. The molecule has 0 saturated carbocycles. The highest BCUT2D eigenvalue weighted by atomic mass is 19.4. The zero-order valence-corrected chi connectivity index (χ0v) is 8.73. The minimum atomic E-state index is -4.15. The Hall–Kier alpha value is -1.03. The van der Waals surface area contributed by atoms with E-state index in [0.29, 0.717) is 0 Å². The maximum atomic E-state index is 12.1. The van der Waals surface area contributed by atoms with Crippen LogP contribution in [0.25, 0.3) is 0 Å². The predicted octanol–water partition coefficient (Wildman–Crippen LogP) is 2.99. The van der Waals surface area contributed by atoms with E-state index >= 15 is 0 Å². The fourth-order valence-corrected chi connectivity index (χ4v) is 1.28. The van der Waals surface area contributed by atoms with Crippen LogP contribution >= 0.6 is 0 Å². The van der Waals surface area contributed by atoms with Crippen LogP contribution in [0.4, 0.5) is 13.2 Å². The third-order valence-electron chi connectivity index (χ3n) is 2.10. The van der Waals surface area contributed by atoms with Crippen molar-refractivity contribution < 1.29 is 13.2 Å². The summed E-state index contributed by atoms with van der Waals surface area (Å²) in [6.45, 7) is 3.62. The topological polar surface area (TPSA) is 26.0 Å². The van der Waals surface area contributed by atoms with Crippen molar-refractivity contribution in [2.75, 3.05) is 0 Å². The van der Waals surface area contributed by atoms with Crippen molar-refractivity contribution in [1.29, 1.82) is 0 Å². The lowest BCUT2D eigenvalue weighted by atomic mass is 9.94. The number of rotatable bonds is 2. The van der Waals surface area contributed by atoms with Crippen LogP contribution in [-0.4, -0.2) is 6.18 Å². The summed E-state index contributed by atoms with van der Waals surface area (Å²) in [7, 11) is 0. The number of hydrogen-bond acceptors (Lipinski definition) is 1. The molecule has 0 unspecified atom stereocenters. The second-order valence-electron chi connectivity index (χ2n) is 4.21. The molecular formula is C11H14F3N. The smallest absolute Gasteiger partial charge is 0.322 e. The third-order valence-corrected chi connectivity index (χ3v) is 2.10. The molecule has 0 fully saturated rings. The summed E-state index contributed by atoms with van der Waals surface area (Å²) in [6.07, 6.45) is -5.04. The summed E-state index contributed by atoms with van der Waals surface area (Å²) in [5, 5.41) is 0. The molecule has 0 amide bonds. The first-order valence-electron chi connectivity index (χ1n) is 4.63. The van der Waals surface area contributed by atoms with Crippen LogP contribution in [0.3, 0.4) is 0 Å². The molecule has 1 rings (SSSR count). The molecule has 4 heteroatoms. The van der Waals surface area contributed by atoms with Gasteiger partial charge >= 0.3 is 6.18 Å². The first-order valence-corrected chi connectivity index (χ1v) is 4.63. The molecule has 1 aromatic rings. The Balaban J connectivity index is 2.82. The van der Waals surface area contributed by atoms with Crippen LogP contribution in [0.1, 0.15) is 25.0 Å². The van der Waals surface area contributed by atoms with Crippen molar-refractivity contribution >= 4 is 0 Å². The zero-order chi connectivity index (χ0) is 11.7. The molecule has 0 heterocycles. The Labute approximate surface area is 87.1 Å². The van der Waals surface area contributed by atoms with E-state index < -0.39 is 18.1 Å². The average Bonchev–Trinajstić information content (AvgIpc) is 2.00. The molecular weight excluding hydrogens is 203 g/mol. The second kappa shape index (κ2) is 3.85. The molecule has 0 aliphatic carbocycles. The van der Waals surface area contributed by atoms with Crippen LogP contribution < -0.4 is 5.73 Å². The molecule has 0 saturated heterocycles. The number of benzene rings is 1. The molecule has 1 aromatic carbocycles. The molecule has 0 atom stereocenters. The van der Waals surface area contributed by atoms with Gasteiger partial charge in [0.05, 0.1) is 6.42 Å². The summed E-state index contributed by atoms with van der Waals surface area (Å²) in [5.41, 5.74) is 6.38. The molecule has 15 heavy (non-hydrogen) atoms. The number of halogens is 3. The van der Waals surface area contributed by atoms with Gasteiger partial charge in [-0.15, -0.1) is 0 Å². The lowest BCUT2D eigenvalue weighted by Crippen LogP contribution is -2.28. The SMILES string of the molecule is CC(C)(N)c1ccc(CC(F)(F)F)cc1. The lowest BCUT2D eigenvalue weighted by Gasteiger charge is -2.19. The van der Waals surface area contributed by atoms with Crippen molar-refractivity contribution in [2.45, 2.75) is 32.0 Å². The summed E-state index contributed by atoms with van der Waals surface area (Å²) in [4.78, 5) is 0. The van der Waals surface area contributed by atoms with Crippen LogP contribution in [0.15, 0.2) is 24.3 Å². The van der Waals surface area contributed by atoms with E-state index in [1.807, 2.05) is 13.8 Å². The Morgan fingerprint density at radius 1 is 1.07 bits per heavy atom. The van der Waals surface area contributed by atoms with Gasteiger partial charge in [-0.2, -0.15) is 13.2 Å². The molecule has 0 spiro atoms. The predicted molar refractivity (Wildman–Crippen MR) is 53.4 cm³/mol. The Morgan fingerprint density at radius 3 is 1.87 bits per heavy atom. The summed E-state index contributed by atoms with van der Waals surface area (Å²) >= 11 is 0. The summed E-state index contributed by atoms with van der Waals surface area (Å²) in [5.74, 6) is 0. The van der Waals surface area contributed by atoms with Gasteiger partial charge in [0.15, 0.2) is 0 Å². The highest BCUT2D eigenvalue weighted by Crippen LogP contribution is 2.23. The molecule has 84 valence electrons. The zero-order valence-electron chi connectivity index (χ0n) is 8.73. The average molecular weight is 217 g/mol. The van der Waals surface area contributed by atoms with Gasteiger partial charge in [0.2, 0.25) is 0 Å². The quantitative estimate of drug-likeness (QED) is 0.809. The van der Waals surface area contributed by atoms with E-state index in [0.717, 1.165) is 5.56 Å². The molecule has 0 aliphatic rings. The van der Waals surface area contributed by atoms with E-state index in [-0.39, 0.29) is 5.56 Å². The molecule has 1 nitrogen and oxygen atoms in total. The summed E-state index contributed by atoms with van der Waals surface area (Å²) in [6, 6.07) is 6.22. The van der Waals surface area contributed by atoms with Crippen LogP contribution in [0, 0.1) is 0 Å². The summed E-state index contributed by atoms with van der Waals surface area (Å²) < 4.78 is 36.2. The third kappa shape index (κ3) is 3.91. The largest absolute Gasteiger partial charge is 0.393 e. The van der Waals surface area contributed by atoms with Crippen molar-refractivity contribution in [3.05, 3.63) is 35.4 Å². The number of alkyl halides is 3. The normalized spacial score (nSPS) is 12.9. The minimum Gasteiger partial charge on any atom is -0.322 e. The van der Waals surface area contributed by atoms with Gasteiger partial charge < -0.3 is 5.73 Å². The van der Waals surface area contributed by atoms with Crippen molar-refractivity contribution in [3.8, 4) is 0 Å². The second-order valence-corrected chi connectivity index (χ2v) is 4.21. The van der Waals surface area contributed by atoms with Gasteiger partial charge in [-0.25, -0.2) is 0 Å².